The molecule has 2 N–H and O–H groups in total. The minimum atomic E-state index is -0.130. The average Bonchev–Trinajstić information content (AvgIpc) is 2.65. The Morgan fingerprint density at radius 1 is 1.43 bits per heavy atom. The molecule has 0 amide bonds. The summed E-state index contributed by atoms with van der Waals surface area (Å²) < 4.78 is 10.4. The van der Waals surface area contributed by atoms with E-state index in [9.17, 15) is 0 Å². The Hall–Kier alpha value is -1.32. The fraction of sp³-hybridized carbons (Fsp3) is 0.273. The van der Waals surface area contributed by atoms with Gasteiger partial charge in [-0.05, 0) is 6.07 Å². The second kappa shape index (κ2) is 3.82. The molecule has 0 spiro atoms. The van der Waals surface area contributed by atoms with Crippen molar-refractivity contribution in [2.45, 2.75) is 6.04 Å². The Bertz CT molecular complexity index is 422. The first-order chi connectivity index (χ1) is 6.83. The third kappa shape index (κ3) is 1.52. The molecule has 1 aromatic heterocycles. The Kier molecular flexibility index (Phi) is 2.52. The van der Waals surface area contributed by atoms with Crippen LogP contribution in [0, 0.1) is 0 Å². The number of hydrogen-bond acceptors (Lipinski definition) is 3. The van der Waals surface area contributed by atoms with Crippen molar-refractivity contribution in [1.29, 1.82) is 0 Å². The second-order valence-electron chi connectivity index (χ2n) is 3.25. The van der Waals surface area contributed by atoms with E-state index in [0.29, 0.717) is 6.61 Å². The van der Waals surface area contributed by atoms with Crippen molar-refractivity contribution in [2.24, 2.45) is 5.73 Å². The van der Waals surface area contributed by atoms with Gasteiger partial charge in [0.2, 0.25) is 0 Å². The molecule has 1 atom stereocenters. The molecule has 0 bridgehead atoms. The molecule has 3 nitrogen and oxygen atoms in total. The lowest BCUT2D eigenvalue weighted by Gasteiger charge is -2.10. The molecule has 74 valence electrons. The van der Waals surface area contributed by atoms with Crippen LogP contribution in [0.2, 0.25) is 0 Å². The largest absolute Gasteiger partial charge is 0.464 e. The topological polar surface area (TPSA) is 48.4 Å². The van der Waals surface area contributed by atoms with Crippen molar-refractivity contribution in [1.82, 2.24) is 0 Å². The molecule has 1 heterocycles. The molecule has 0 radical (unpaired) electrons. The van der Waals surface area contributed by atoms with Crippen molar-refractivity contribution in [3.05, 3.63) is 36.1 Å². The molecule has 1 unspecified atom stereocenters. The highest BCUT2D eigenvalue weighted by Crippen LogP contribution is 2.23. The van der Waals surface area contributed by atoms with Gasteiger partial charge in [0.1, 0.15) is 5.58 Å². The van der Waals surface area contributed by atoms with Gasteiger partial charge in [0.05, 0.1) is 18.9 Å². The number of benzene rings is 1. The first kappa shape index (κ1) is 9.24. The summed E-state index contributed by atoms with van der Waals surface area (Å²) in [5.41, 5.74) is 7.80. The van der Waals surface area contributed by atoms with E-state index in [2.05, 4.69) is 0 Å². The number of rotatable bonds is 3. The van der Waals surface area contributed by atoms with Crippen LogP contribution < -0.4 is 5.73 Å². The van der Waals surface area contributed by atoms with Crippen LogP contribution >= 0.6 is 0 Å². The van der Waals surface area contributed by atoms with Crippen LogP contribution in [0.1, 0.15) is 11.6 Å². The maximum Gasteiger partial charge on any atom is 0.138 e. The summed E-state index contributed by atoms with van der Waals surface area (Å²) in [5, 5.41) is 1.08. The molecule has 0 aliphatic heterocycles. The maximum absolute atomic E-state index is 5.95. The van der Waals surface area contributed by atoms with Crippen molar-refractivity contribution in [3.8, 4) is 0 Å². The van der Waals surface area contributed by atoms with Gasteiger partial charge >= 0.3 is 0 Å². The van der Waals surface area contributed by atoms with Crippen LogP contribution in [-0.4, -0.2) is 13.7 Å². The molecular formula is C11H13NO2. The van der Waals surface area contributed by atoms with E-state index in [1.54, 1.807) is 13.4 Å². The number of para-hydroxylation sites is 1. The molecule has 0 aliphatic rings. The first-order valence-corrected chi connectivity index (χ1v) is 4.53. The van der Waals surface area contributed by atoms with Crippen LogP contribution in [0.3, 0.4) is 0 Å². The zero-order valence-corrected chi connectivity index (χ0v) is 8.07. The molecule has 3 heteroatoms. The fourth-order valence-electron chi connectivity index (χ4n) is 1.58. The van der Waals surface area contributed by atoms with Crippen molar-refractivity contribution in [3.63, 3.8) is 0 Å². The third-order valence-electron chi connectivity index (χ3n) is 2.26. The standard InChI is InChI=1S/C11H13NO2/c1-13-7-10(12)9-4-2-3-8-5-6-14-11(8)9/h2-6,10H,7,12H2,1H3. The van der Waals surface area contributed by atoms with Gasteiger partial charge in [0.15, 0.2) is 0 Å². The summed E-state index contributed by atoms with van der Waals surface area (Å²) >= 11 is 0. The highest BCUT2D eigenvalue weighted by atomic mass is 16.5. The van der Waals surface area contributed by atoms with E-state index in [1.807, 2.05) is 24.3 Å². The summed E-state index contributed by atoms with van der Waals surface area (Å²) in [6, 6.07) is 7.74. The molecule has 1 aromatic carbocycles. The van der Waals surface area contributed by atoms with Crippen LogP contribution in [0.4, 0.5) is 0 Å². The number of methoxy groups -OCH3 is 1. The number of hydrogen-bond donors (Lipinski definition) is 1. The SMILES string of the molecule is COCC(N)c1cccc2ccoc12. The van der Waals surface area contributed by atoms with Crippen molar-refractivity contribution in [2.75, 3.05) is 13.7 Å². The number of furan rings is 1. The van der Waals surface area contributed by atoms with E-state index in [-0.39, 0.29) is 6.04 Å². The zero-order chi connectivity index (χ0) is 9.97. The Morgan fingerprint density at radius 3 is 3.07 bits per heavy atom. The van der Waals surface area contributed by atoms with Crippen LogP contribution in [0.15, 0.2) is 34.9 Å². The Labute approximate surface area is 82.5 Å². The highest BCUT2D eigenvalue weighted by Gasteiger charge is 2.11. The van der Waals surface area contributed by atoms with E-state index >= 15 is 0 Å². The van der Waals surface area contributed by atoms with Crippen LogP contribution in [0.25, 0.3) is 11.0 Å². The van der Waals surface area contributed by atoms with Crippen LogP contribution in [0.5, 0.6) is 0 Å². The first-order valence-electron chi connectivity index (χ1n) is 4.53. The predicted octanol–water partition coefficient (Wildman–Crippen LogP) is 2.08. The van der Waals surface area contributed by atoms with E-state index in [1.165, 1.54) is 0 Å². The van der Waals surface area contributed by atoms with Gasteiger partial charge in [-0.3, -0.25) is 0 Å². The van der Waals surface area contributed by atoms with Crippen molar-refractivity contribution < 1.29 is 9.15 Å². The van der Waals surface area contributed by atoms with Gasteiger partial charge < -0.3 is 14.9 Å². The lowest BCUT2D eigenvalue weighted by atomic mass is 10.1. The summed E-state index contributed by atoms with van der Waals surface area (Å²) in [7, 11) is 1.64. The number of nitrogens with two attached hydrogens (primary N) is 1. The van der Waals surface area contributed by atoms with Gasteiger partial charge in [-0.2, -0.15) is 0 Å². The number of fused-ring (bicyclic) bond motifs is 1. The number of ether oxygens (including phenoxy) is 1. The van der Waals surface area contributed by atoms with Gasteiger partial charge in [0, 0.05) is 18.1 Å². The van der Waals surface area contributed by atoms with E-state index < -0.39 is 0 Å². The lowest BCUT2D eigenvalue weighted by molar-refractivity contribution is 0.181. The maximum atomic E-state index is 5.95. The van der Waals surface area contributed by atoms with Crippen LogP contribution in [-0.2, 0) is 4.74 Å². The van der Waals surface area contributed by atoms with Crippen molar-refractivity contribution >= 4 is 11.0 Å². The summed E-state index contributed by atoms with van der Waals surface area (Å²) in [4.78, 5) is 0. The van der Waals surface area contributed by atoms with Gasteiger partial charge in [-0.15, -0.1) is 0 Å². The second-order valence-corrected chi connectivity index (χ2v) is 3.25. The molecule has 0 saturated heterocycles. The predicted molar refractivity (Wildman–Crippen MR) is 55.0 cm³/mol. The van der Waals surface area contributed by atoms with E-state index in [4.69, 9.17) is 14.9 Å². The monoisotopic (exact) mass is 191 g/mol. The molecule has 0 saturated carbocycles. The quantitative estimate of drug-likeness (QED) is 0.808. The summed E-state index contributed by atoms with van der Waals surface area (Å²) in [6.45, 7) is 0.500. The zero-order valence-electron chi connectivity index (χ0n) is 8.07. The van der Waals surface area contributed by atoms with Gasteiger partial charge in [-0.25, -0.2) is 0 Å². The molecule has 0 aliphatic carbocycles. The van der Waals surface area contributed by atoms with Gasteiger partial charge in [0.25, 0.3) is 0 Å². The summed E-state index contributed by atoms with van der Waals surface area (Å²) in [6.07, 6.45) is 1.67. The summed E-state index contributed by atoms with van der Waals surface area (Å²) in [5.74, 6) is 0. The molecule has 14 heavy (non-hydrogen) atoms. The smallest absolute Gasteiger partial charge is 0.138 e. The molecule has 2 rings (SSSR count). The minimum absolute atomic E-state index is 0.130. The molecule has 0 fully saturated rings. The van der Waals surface area contributed by atoms with E-state index in [0.717, 1.165) is 16.5 Å². The Balaban J connectivity index is 2.45. The molecular weight excluding hydrogens is 178 g/mol. The average molecular weight is 191 g/mol. The lowest BCUT2D eigenvalue weighted by Crippen LogP contribution is -2.16. The third-order valence-corrected chi connectivity index (χ3v) is 2.26. The Morgan fingerprint density at radius 2 is 2.29 bits per heavy atom. The minimum Gasteiger partial charge on any atom is -0.464 e. The fourth-order valence-corrected chi connectivity index (χ4v) is 1.58. The normalized spacial score (nSPS) is 13.3. The van der Waals surface area contributed by atoms with Gasteiger partial charge in [-0.1, -0.05) is 18.2 Å². The molecule has 2 aromatic rings. The highest BCUT2D eigenvalue weighted by molar-refractivity contribution is 5.80.